The smallest absolute Gasteiger partial charge is 0.238 e. The molecule has 1 unspecified atom stereocenters. The Kier molecular flexibility index (Phi) is 4.98. The number of oxime groups is 1. The van der Waals surface area contributed by atoms with Gasteiger partial charge in [-0.3, -0.25) is 4.79 Å². The fourth-order valence-electron chi connectivity index (χ4n) is 2.07. The van der Waals surface area contributed by atoms with Gasteiger partial charge in [0, 0.05) is 19.3 Å². The van der Waals surface area contributed by atoms with Crippen molar-refractivity contribution >= 4 is 21.6 Å². The van der Waals surface area contributed by atoms with Crippen LogP contribution in [-0.2, 0) is 14.6 Å². The minimum atomic E-state index is -3.49. The summed E-state index contributed by atoms with van der Waals surface area (Å²) in [5, 5.41) is 13.4. The predicted octanol–water partition coefficient (Wildman–Crippen LogP) is -1.25. The molecule has 1 fully saturated rings. The van der Waals surface area contributed by atoms with Gasteiger partial charge in [-0.05, 0) is 26.8 Å². The number of rotatable bonds is 4. The van der Waals surface area contributed by atoms with E-state index in [0.717, 1.165) is 6.26 Å². The summed E-state index contributed by atoms with van der Waals surface area (Å²) in [5.74, 6) is -0.733. The zero-order valence-electron chi connectivity index (χ0n) is 12.0. The summed E-state index contributed by atoms with van der Waals surface area (Å²) < 4.78 is 22.9. The van der Waals surface area contributed by atoms with Gasteiger partial charge in [0.05, 0.1) is 0 Å². The Morgan fingerprint density at radius 1 is 1.45 bits per heavy atom. The Morgan fingerprint density at radius 2 is 1.95 bits per heavy atom. The van der Waals surface area contributed by atoms with Crippen molar-refractivity contribution in [2.24, 2.45) is 10.9 Å². The van der Waals surface area contributed by atoms with Crippen LogP contribution in [0.5, 0.6) is 0 Å². The van der Waals surface area contributed by atoms with E-state index in [9.17, 15) is 13.2 Å². The van der Waals surface area contributed by atoms with Gasteiger partial charge in [0.15, 0.2) is 15.7 Å². The van der Waals surface area contributed by atoms with Crippen LogP contribution in [0.4, 0.5) is 0 Å². The maximum absolute atomic E-state index is 12.1. The molecule has 1 atom stereocenters. The first-order chi connectivity index (χ1) is 9.12. The molecule has 0 aromatic heterocycles. The van der Waals surface area contributed by atoms with Crippen LogP contribution >= 0.6 is 0 Å². The molecule has 0 radical (unpaired) electrons. The molecule has 8 nitrogen and oxygen atoms in total. The van der Waals surface area contributed by atoms with Crippen molar-refractivity contribution in [3.63, 3.8) is 0 Å². The maximum atomic E-state index is 12.1. The number of carbonyl (C=O) groups excluding carboxylic acids is 1. The summed E-state index contributed by atoms with van der Waals surface area (Å²) in [6, 6.07) is 0. The summed E-state index contributed by atoms with van der Waals surface area (Å²) in [6.07, 6.45) is 1.92. The molecular weight excluding hydrogens is 284 g/mol. The monoisotopic (exact) mass is 306 g/mol. The molecule has 1 aliphatic heterocycles. The SMILES string of the molecule is CC(C(=O)NC1(C(N)=NO)CCN(C)CC1)S(C)(=O)=O. The topological polar surface area (TPSA) is 125 Å². The molecule has 0 aromatic rings. The second kappa shape index (κ2) is 5.96. The van der Waals surface area contributed by atoms with E-state index in [1.807, 2.05) is 7.05 Å². The van der Waals surface area contributed by atoms with Crippen molar-refractivity contribution in [3.05, 3.63) is 0 Å². The summed E-state index contributed by atoms with van der Waals surface area (Å²) in [5.41, 5.74) is 4.71. The highest BCUT2D eigenvalue weighted by atomic mass is 32.2. The van der Waals surface area contributed by atoms with Gasteiger partial charge in [-0.25, -0.2) is 8.42 Å². The third-order valence-corrected chi connectivity index (χ3v) is 5.31. The highest BCUT2D eigenvalue weighted by Gasteiger charge is 2.41. The largest absolute Gasteiger partial charge is 0.409 e. The normalized spacial score (nSPS) is 22.2. The lowest BCUT2D eigenvalue weighted by molar-refractivity contribution is -0.122. The van der Waals surface area contributed by atoms with Gasteiger partial charge >= 0.3 is 0 Å². The number of nitrogens with zero attached hydrogens (tertiary/aromatic N) is 2. The number of likely N-dealkylation sites (tertiary alicyclic amines) is 1. The molecule has 0 saturated carbocycles. The number of hydrogen-bond acceptors (Lipinski definition) is 6. The second-order valence-electron chi connectivity index (χ2n) is 5.33. The quantitative estimate of drug-likeness (QED) is 0.258. The van der Waals surface area contributed by atoms with Crippen LogP contribution in [0, 0.1) is 0 Å². The van der Waals surface area contributed by atoms with Crippen molar-refractivity contribution < 1.29 is 18.4 Å². The van der Waals surface area contributed by atoms with Gasteiger partial charge in [-0.1, -0.05) is 5.16 Å². The van der Waals surface area contributed by atoms with Crippen LogP contribution in [-0.4, -0.2) is 67.4 Å². The van der Waals surface area contributed by atoms with Gasteiger partial charge in [0.2, 0.25) is 5.91 Å². The van der Waals surface area contributed by atoms with Crippen LogP contribution < -0.4 is 11.1 Å². The standard InChI is InChI=1S/C11H22N4O4S/c1-8(20(3,18)19)9(16)13-11(10(12)14-17)4-6-15(2)7-5-11/h8,17H,4-7H2,1-3H3,(H2,12,14)(H,13,16). The number of sulfone groups is 1. The predicted molar refractivity (Wildman–Crippen MR) is 75.3 cm³/mol. The Hall–Kier alpha value is -1.35. The third-order valence-electron chi connectivity index (χ3n) is 3.81. The molecule has 0 spiro atoms. The number of piperidine rings is 1. The van der Waals surface area contributed by atoms with Gasteiger partial charge in [0.1, 0.15) is 10.8 Å². The van der Waals surface area contributed by atoms with E-state index in [-0.39, 0.29) is 5.84 Å². The molecule has 0 bridgehead atoms. The van der Waals surface area contributed by atoms with Gasteiger partial charge in [-0.2, -0.15) is 0 Å². The van der Waals surface area contributed by atoms with Gasteiger partial charge in [0.25, 0.3) is 0 Å². The molecule has 0 aromatic carbocycles. The molecule has 1 saturated heterocycles. The van der Waals surface area contributed by atoms with Gasteiger partial charge < -0.3 is 21.2 Å². The summed E-state index contributed by atoms with van der Waals surface area (Å²) >= 11 is 0. The van der Waals surface area contributed by atoms with Crippen molar-refractivity contribution in [1.29, 1.82) is 0 Å². The molecule has 1 aliphatic rings. The highest BCUT2D eigenvalue weighted by molar-refractivity contribution is 7.92. The van der Waals surface area contributed by atoms with Crippen molar-refractivity contribution in [3.8, 4) is 0 Å². The highest BCUT2D eigenvalue weighted by Crippen LogP contribution is 2.22. The average molecular weight is 306 g/mol. The molecular formula is C11H22N4O4S. The third kappa shape index (κ3) is 3.60. The van der Waals surface area contributed by atoms with E-state index >= 15 is 0 Å². The van der Waals surface area contributed by atoms with E-state index in [4.69, 9.17) is 10.9 Å². The molecule has 20 heavy (non-hydrogen) atoms. The first kappa shape index (κ1) is 16.7. The van der Waals surface area contributed by atoms with Crippen LogP contribution in [0.15, 0.2) is 5.16 Å². The lowest BCUT2D eigenvalue weighted by atomic mass is 9.86. The van der Waals surface area contributed by atoms with E-state index in [1.54, 1.807) is 0 Å². The fourth-order valence-corrected chi connectivity index (χ4v) is 2.52. The van der Waals surface area contributed by atoms with Crippen molar-refractivity contribution in [2.75, 3.05) is 26.4 Å². The Morgan fingerprint density at radius 3 is 2.35 bits per heavy atom. The Balaban J connectivity index is 2.95. The molecule has 9 heteroatoms. The number of nitrogens with two attached hydrogens (primary N) is 1. The van der Waals surface area contributed by atoms with E-state index < -0.39 is 26.5 Å². The van der Waals surface area contributed by atoms with E-state index in [1.165, 1.54) is 6.92 Å². The molecule has 1 amide bonds. The zero-order valence-corrected chi connectivity index (χ0v) is 12.8. The number of hydrogen-bond donors (Lipinski definition) is 3. The maximum Gasteiger partial charge on any atom is 0.238 e. The number of amides is 1. The number of amidine groups is 1. The number of carbonyl (C=O) groups is 1. The summed E-state index contributed by atoms with van der Waals surface area (Å²) in [7, 11) is -1.56. The van der Waals surface area contributed by atoms with E-state index in [2.05, 4.69) is 15.4 Å². The first-order valence-corrected chi connectivity index (χ1v) is 8.25. The second-order valence-corrected chi connectivity index (χ2v) is 7.70. The average Bonchev–Trinajstić information content (AvgIpc) is 2.38. The lowest BCUT2D eigenvalue weighted by Gasteiger charge is -2.40. The molecule has 1 heterocycles. The van der Waals surface area contributed by atoms with Gasteiger partial charge in [-0.15, -0.1) is 0 Å². The summed E-state index contributed by atoms with van der Waals surface area (Å²) in [6.45, 7) is 2.63. The molecule has 116 valence electrons. The fraction of sp³-hybridized carbons (Fsp3) is 0.818. The minimum absolute atomic E-state index is 0.0975. The molecule has 1 rings (SSSR count). The summed E-state index contributed by atoms with van der Waals surface area (Å²) in [4.78, 5) is 14.1. The molecule has 4 N–H and O–H groups in total. The van der Waals surface area contributed by atoms with Crippen LogP contribution in [0.2, 0.25) is 0 Å². The zero-order chi connectivity index (χ0) is 15.6. The van der Waals surface area contributed by atoms with Crippen molar-refractivity contribution in [1.82, 2.24) is 10.2 Å². The first-order valence-electron chi connectivity index (χ1n) is 6.30. The van der Waals surface area contributed by atoms with Crippen LogP contribution in [0.1, 0.15) is 19.8 Å². The van der Waals surface area contributed by atoms with Crippen LogP contribution in [0.3, 0.4) is 0 Å². The lowest BCUT2D eigenvalue weighted by Crippen LogP contribution is -2.63. The van der Waals surface area contributed by atoms with Crippen LogP contribution in [0.25, 0.3) is 0 Å². The number of nitrogens with one attached hydrogen (secondary N) is 1. The van der Waals surface area contributed by atoms with Crippen molar-refractivity contribution in [2.45, 2.75) is 30.6 Å². The Labute approximate surface area is 118 Å². The molecule has 0 aliphatic carbocycles. The minimum Gasteiger partial charge on any atom is -0.409 e. The van der Waals surface area contributed by atoms with E-state index in [0.29, 0.717) is 25.9 Å². The Bertz CT molecular complexity index is 495.